The summed E-state index contributed by atoms with van der Waals surface area (Å²) in [7, 11) is 0. The molecule has 3 heteroatoms. The van der Waals surface area contributed by atoms with Crippen molar-refractivity contribution in [2.24, 2.45) is 11.8 Å². The Morgan fingerprint density at radius 1 is 1.11 bits per heavy atom. The Labute approximate surface area is 117 Å². The number of carbonyl (C=O) groups excluding carboxylic acids is 1. The molecule has 108 valence electrons. The Balaban J connectivity index is 1.61. The molecule has 2 unspecified atom stereocenters. The number of hydrogen-bond donors (Lipinski definition) is 1. The molecule has 0 spiro atoms. The van der Waals surface area contributed by atoms with Crippen LogP contribution in [0.25, 0.3) is 0 Å². The van der Waals surface area contributed by atoms with Crippen LogP contribution in [-0.4, -0.2) is 36.0 Å². The number of carbonyl (C=O) groups is 1. The third-order valence-electron chi connectivity index (χ3n) is 5.29. The van der Waals surface area contributed by atoms with Gasteiger partial charge in [-0.05, 0) is 51.5 Å². The van der Waals surface area contributed by atoms with Gasteiger partial charge in [-0.1, -0.05) is 19.3 Å². The topological polar surface area (TPSA) is 32.3 Å². The highest BCUT2D eigenvalue weighted by Gasteiger charge is 2.39. The second kappa shape index (κ2) is 5.82. The number of hydrogen-bond acceptors (Lipinski definition) is 2. The van der Waals surface area contributed by atoms with Gasteiger partial charge < -0.3 is 10.2 Å². The molecule has 3 fully saturated rings. The summed E-state index contributed by atoms with van der Waals surface area (Å²) in [5, 5.41) is 3.42. The van der Waals surface area contributed by atoms with Gasteiger partial charge >= 0.3 is 0 Å². The van der Waals surface area contributed by atoms with E-state index in [1.54, 1.807) is 0 Å². The minimum atomic E-state index is 0.240. The average molecular weight is 264 g/mol. The van der Waals surface area contributed by atoms with E-state index >= 15 is 0 Å². The van der Waals surface area contributed by atoms with Crippen LogP contribution in [0.1, 0.15) is 58.3 Å². The molecule has 0 aromatic carbocycles. The van der Waals surface area contributed by atoms with Gasteiger partial charge in [0.1, 0.15) is 0 Å². The molecule has 1 N–H and O–H groups in total. The summed E-state index contributed by atoms with van der Waals surface area (Å²) in [4.78, 5) is 15.1. The fraction of sp³-hybridized carbons (Fsp3) is 0.938. The summed E-state index contributed by atoms with van der Waals surface area (Å²) in [5.41, 5.74) is 0. The van der Waals surface area contributed by atoms with Crippen LogP contribution in [0.5, 0.6) is 0 Å². The molecule has 3 rings (SSSR count). The first-order valence-corrected chi connectivity index (χ1v) is 8.29. The van der Waals surface area contributed by atoms with Gasteiger partial charge in [0.15, 0.2) is 0 Å². The zero-order valence-corrected chi connectivity index (χ0v) is 12.2. The van der Waals surface area contributed by atoms with Crippen LogP contribution in [0.15, 0.2) is 0 Å². The molecular formula is C16H28N2O. The largest absolute Gasteiger partial charge is 0.339 e. The third-order valence-corrected chi connectivity index (χ3v) is 5.29. The lowest BCUT2D eigenvalue weighted by Gasteiger charge is -2.32. The first kappa shape index (κ1) is 13.4. The lowest BCUT2D eigenvalue weighted by molar-refractivity contribution is -0.137. The summed E-state index contributed by atoms with van der Waals surface area (Å²) in [6.45, 7) is 4.23. The summed E-state index contributed by atoms with van der Waals surface area (Å²) >= 11 is 0. The Hall–Kier alpha value is -0.570. The lowest BCUT2D eigenvalue weighted by Crippen LogP contribution is -2.44. The molecule has 19 heavy (non-hydrogen) atoms. The predicted octanol–water partition coefficient (Wildman–Crippen LogP) is 2.56. The Morgan fingerprint density at radius 3 is 2.42 bits per heavy atom. The van der Waals surface area contributed by atoms with Crippen molar-refractivity contribution in [1.82, 2.24) is 10.2 Å². The highest BCUT2D eigenvalue weighted by Crippen LogP contribution is 2.33. The molecule has 0 bridgehead atoms. The summed E-state index contributed by atoms with van der Waals surface area (Å²) < 4.78 is 0. The van der Waals surface area contributed by atoms with Crippen molar-refractivity contribution in [3.05, 3.63) is 0 Å². The summed E-state index contributed by atoms with van der Waals surface area (Å²) in [6, 6.07) is 0.960. The molecule has 2 aliphatic carbocycles. The molecule has 3 nitrogen and oxygen atoms in total. The first-order valence-electron chi connectivity index (χ1n) is 8.29. The van der Waals surface area contributed by atoms with Crippen molar-refractivity contribution < 1.29 is 4.79 Å². The molecule has 0 aromatic rings. The monoisotopic (exact) mass is 264 g/mol. The molecule has 1 aliphatic heterocycles. The Morgan fingerprint density at radius 2 is 1.84 bits per heavy atom. The number of nitrogens with zero attached hydrogens (tertiary/aromatic N) is 1. The third kappa shape index (κ3) is 3.13. The van der Waals surface area contributed by atoms with Crippen LogP contribution in [0, 0.1) is 11.8 Å². The Bertz CT molecular complexity index is 321. The van der Waals surface area contributed by atoms with E-state index in [9.17, 15) is 4.79 Å². The molecule has 1 saturated heterocycles. The van der Waals surface area contributed by atoms with E-state index in [4.69, 9.17) is 0 Å². The molecule has 2 saturated carbocycles. The second-order valence-electron chi connectivity index (χ2n) is 6.86. The maximum absolute atomic E-state index is 12.8. The van der Waals surface area contributed by atoms with Gasteiger partial charge in [-0.25, -0.2) is 0 Å². The van der Waals surface area contributed by atoms with Crippen LogP contribution >= 0.6 is 0 Å². The second-order valence-corrected chi connectivity index (χ2v) is 6.86. The maximum Gasteiger partial charge on any atom is 0.227 e. The van der Waals surface area contributed by atoms with E-state index < -0.39 is 0 Å². The molecule has 0 radical (unpaired) electrons. The number of amides is 1. The standard InChI is InChI=1S/C16H28N2O/c1-12-15(9-10-17-12)16(19)18(14-7-8-14)11-13-5-3-2-4-6-13/h12-15,17H,2-11H2,1H3. The van der Waals surface area contributed by atoms with Gasteiger partial charge in [-0.3, -0.25) is 4.79 Å². The SMILES string of the molecule is CC1NCCC1C(=O)N(CC1CCCCC1)C1CC1. The minimum Gasteiger partial charge on any atom is -0.339 e. The van der Waals surface area contributed by atoms with E-state index in [0.29, 0.717) is 18.0 Å². The van der Waals surface area contributed by atoms with E-state index in [1.807, 2.05) is 0 Å². The van der Waals surface area contributed by atoms with Gasteiger partial charge in [0.2, 0.25) is 5.91 Å². The lowest BCUT2D eigenvalue weighted by atomic mass is 9.88. The summed E-state index contributed by atoms with van der Waals surface area (Å²) in [6.07, 6.45) is 10.4. The molecule has 1 amide bonds. The van der Waals surface area contributed by atoms with E-state index in [-0.39, 0.29) is 5.92 Å². The predicted molar refractivity (Wildman–Crippen MR) is 76.9 cm³/mol. The van der Waals surface area contributed by atoms with Crippen molar-refractivity contribution in [1.29, 1.82) is 0 Å². The number of rotatable bonds is 4. The van der Waals surface area contributed by atoms with E-state index in [2.05, 4.69) is 17.1 Å². The van der Waals surface area contributed by atoms with Gasteiger partial charge in [0.05, 0.1) is 5.92 Å². The fourth-order valence-electron chi connectivity index (χ4n) is 3.86. The van der Waals surface area contributed by atoms with Crippen molar-refractivity contribution in [2.75, 3.05) is 13.1 Å². The maximum atomic E-state index is 12.8. The Kier molecular flexibility index (Phi) is 4.11. The minimum absolute atomic E-state index is 0.240. The highest BCUT2D eigenvalue weighted by molar-refractivity contribution is 5.80. The number of nitrogens with one attached hydrogen (secondary N) is 1. The van der Waals surface area contributed by atoms with Crippen LogP contribution < -0.4 is 5.32 Å². The fourth-order valence-corrected chi connectivity index (χ4v) is 3.86. The highest BCUT2D eigenvalue weighted by atomic mass is 16.2. The van der Waals surface area contributed by atoms with Crippen molar-refractivity contribution in [2.45, 2.75) is 70.4 Å². The molecule has 3 aliphatic rings. The van der Waals surface area contributed by atoms with Gasteiger partial charge in [0.25, 0.3) is 0 Å². The van der Waals surface area contributed by atoms with Crippen LogP contribution in [0.2, 0.25) is 0 Å². The zero-order valence-electron chi connectivity index (χ0n) is 12.2. The van der Waals surface area contributed by atoms with Crippen LogP contribution in [0.4, 0.5) is 0 Å². The van der Waals surface area contributed by atoms with Gasteiger partial charge in [-0.2, -0.15) is 0 Å². The zero-order chi connectivity index (χ0) is 13.2. The molecule has 0 aromatic heterocycles. The van der Waals surface area contributed by atoms with Crippen molar-refractivity contribution >= 4 is 5.91 Å². The van der Waals surface area contributed by atoms with Crippen molar-refractivity contribution in [3.8, 4) is 0 Å². The van der Waals surface area contributed by atoms with Crippen LogP contribution in [0.3, 0.4) is 0 Å². The van der Waals surface area contributed by atoms with Gasteiger partial charge in [0, 0.05) is 18.6 Å². The summed E-state index contributed by atoms with van der Waals surface area (Å²) in [5.74, 6) is 1.47. The average Bonchev–Trinajstić information content (AvgIpc) is 3.18. The van der Waals surface area contributed by atoms with E-state index in [1.165, 1.54) is 44.9 Å². The first-order chi connectivity index (χ1) is 9.25. The molecule has 1 heterocycles. The van der Waals surface area contributed by atoms with Gasteiger partial charge in [-0.15, -0.1) is 0 Å². The quantitative estimate of drug-likeness (QED) is 0.846. The smallest absolute Gasteiger partial charge is 0.227 e. The molecular weight excluding hydrogens is 236 g/mol. The van der Waals surface area contributed by atoms with Crippen LogP contribution in [-0.2, 0) is 4.79 Å². The van der Waals surface area contributed by atoms with E-state index in [0.717, 1.165) is 25.4 Å². The normalized spacial score (nSPS) is 32.5. The molecule has 2 atom stereocenters. The van der Waals surface area contributed by atoms with Crippen molar-refractivity contribution in [3.63, 3.8) is 0 Å².